The number of unbranched alkanes of at least 4 members (excludes halogenated alkanes) is 22. The van der Waals surface area contributed by atoms with Crippen molar-refractivity contribution in [3.8, 4) is 0 Å². The first-order valence-corrected chi connectivity index (χ1v) is 29.3. The second-order valence-corrected chi connectivity index (χ2v) is 19.8. The third-order valence-electron chi connectivity index (χ3n) is 11.6. The number of aliphatic hydroxyl groups excluding tert-OH is 1. The van der Waals surface area contributed by atoms with Gasteiger partial charge in [-0.05, 0) is 83.5 Å². The number of phosphoric ester groups is 1. The Labute approximate surface area is 427 Å². The number of rotatable bonds is 51. The zero-order chi connectivity index (χ0) is 51.3. The van der Waals surface area contributed by atoms with Crippen molar-refractivity contribution in [3.63, 3.8) is 0 Å². The van der Waals surface area contributed by atoms with Crippen molar-refractivity contribution in [3.05, 3.63) is 72.9 Å². The van der Waals surface area contributed by atoms with Crippen molar-refractivity contribution in [2.24, 2.45) is 0 Å². The summed E-state index contributed by atoms with van der Waals surface area (Å²) < 4.78 is 39.4. The number of carbonyl (C=O) groups is 3. The van der Waals surface area contributed by atoms with E-state index in [1.54, 1.807) is 0 Å². The number of hydrogen-bond donors (Lipinski definition) is 2. The predicted octanol–water partition coefficient (Wildman–Crippen LogP) is 16.1. The Morgan fingerprint density at radius 1 is 0.414 bits per heavy atom. The van der Waals surface area contributed by atoms with Crippen molar-refractivity contribution < 1.29 is 52.2 Å². The van der Waals surface area contributed by atoms with Crippen LogP contribution < -0.4 is 0 Å². The van der Waals surface area contributed by atoms with E-state index in [1.807, 2.05) is 0 Å². The van der Waals surface area contributed by atoms with Crippen LogP contribution in [0.1, 0.15) is 239 Å². The van der Waals surface area contributed by atoms with Gasteiger partial charge in [-0.15, -0.1) is 0 Å². The van der Waals surface area contributed by atoms with Gasteiger partial charge in [0.25, 0.3) is 0 Å². The highest BCUT2D eigenvalue weighted by molar-refractivity contribution is 7.47. The molecule has 11 nitrogen and oxygen atoms in total. The van der Waals surface area contributed by atoms with Crippen LogP contribution in [0, 0.1) is 0 Å². The van der Waals surface area contributed by atoms with Crippen LogP contribution >= 0.6 is 7.82 Å². The summed E-state index contributed by atoms with van der Waals surface area (Å²) in [6, 6.07) is 0. The van der Waals surface area contributed by atoms with Gasteiger partial charge in [0.2, 0.25) is 0 Å². The highest BCUT2D eigenvalue weighted by atomic mass is 31.2. The maximum Gasteiger partial charge on any atom is 0.472 e. The average Bonchev–Trinajstić information content (AvgIpc) is 3.35. The average molecular weight is 1010 g/mol. The Bertz CT molecular complexity index is 1450. The SMILES string of the molecule is CC/C=C\C/C=C\C/C=C\C/C=C\CCCCCCC(=O)OC(COC(=O)CCCCCCCCCCCCCCC)COP(=O)(O)OCC(CO)OC(=O)CCCCCCC/C=C\C/C=C\CCC. The molecule has 0 amide bonds. The van der Waals surface area contributed by atoms with E-state index in [9.17, 15) is 28.9 Å². The van der Waals surface area contributed by atoms with E-state index in [0.29, 0.717) is 19.3 Å². The highest BCUT2D eigenvalue weighted by Gasteiger charge is 2.28. The molecule has 0 saturated heterocycles. The Balaban J connectivity index is 4.78. The van der Waals surface area contributed by atoms with E-state index in [4.69, 9.17) is 23.3 Å². The molecular weight excluding hydrogens is 904 g/mol. The third-order valence-corrected chi connectivity index (χ3v) is 12.5. The van der Waals surface area contributed by atoms with E-state index in [0.717, 1.165) is 116 Å². The predicted molar refractivity (Wildman–Crippen MR) is 288 cm³/mol. The fourth-order valence-electron chi connectivity index (χ4n) is 7.38. The minimum absolute atomic E-state index is 0.138. The summed E-state index contributed by atoms with van der Waals surface area (Å²) in [6.07, 6.45) is 57.2. The molecule has 0 radical (unpaired) electrons. The minimum Gasteiger partial charge on any atom is -0.462 e. The Morgan fingerprint density at radius 3 is 1.20 bits per heavy atom. The molecule has 0 rings (SSSR count). The second-order valence-electron chi connectivity index (χ2n) is 18.4. The maximum atomic E-state index is 12.9. The van der Waals surface area contributed by atoms with E-state index >= 15 is 0 Å². The molecule has 12 heteroatoms. The molecule has 3 atom stereocenters. The lowest BCUT2D eigenvalue weighted by Crippen LogP contribution is -2.30. The van der Waals surface area contributed by atoms with E-state index in [-0.39, 0.29) is 25.9 Å². The van der Waals surface area contributed by atoms with Gasteiger partial charge < -0.3 is 24.2 Å². The number of phosphoric acid groups is 1. The van der Waals surface area contributed by atoms with Gasteiger partial charge in [0.1, 0.15) is 12.7 Å². The molecule has 0 heterocycles. The standard InChI is InChI=1S/C58H101O11P/c1-4-7-10-13-16-19-22-25-26-27-28-31-34-37-40-43-46-49-58(62)69-55(51-65-56(60)47-44-41-38-35-32-29-23-20-17-14-11-8-5-2)53-67-70(63,64)66-52-54(50-59)68-57(61)48-45-42-39-36-33-30-24-21-18-15-12-9-6-3/h7,10,12,15-16,19,21,24-26,28,31,54-55,59H,4-6,8-9,11,13-14,17-18,20,22-23,27,29-30,32-53H2,1-3H3,(H,63,64)/b10-7-,15-12-,19-16-,24-21-,26-25-,31-28-. The summed E-state index contributed by atoms with van der Waals surface area (Å²) in [5, 5.41) is 9.79. The molecule has 70 heavy (non-hydrogen) atoms. The molecule has 0 aromatic carbocycles. The molecule has 0 aromatic rings. The molecule has 0 aliphatic rings. The minimum atomic E-state index is -4.75. The molecule has 2 N–H and O–H groups in total. The molecule has 0 saturated carbocycles. The first-order chi connectivity index (χ1) is 34.2. The molecular formula is C58H101O11P. The molecule has 0 aliphatic carbocycles. The number of allylic oxidation sites excluding steroid dienone is 12. The van der Waals surface area contributed by atoms with Crippen LogP contribution in [0.25, 0.3) is 0 Å². The van der Waals surface area contributed by atoms with E-state index < -0.39 is 57.8 Å². The van der Waals surface area contributed by atoms with E-state index in [2.05, 4.69) is 93.7 Å². The van der Waals surface area contributed by atoms with Crippen molar-refractivity contribution in [1.29, 1.82) is 0 Å². The number of ether oxygens (including phenoxy) is 3. The zero-order valence-electron chi connectivity index (χ0n) is 44.5. The zero-order valence-corrected chi connectivity index (χ0v) is 45.4. The van der Waals surface area contributed by atoms with Crippen LogP contribution in [0.5, 0.6) is 0 Å². The number of aliphatic hydroxyl groups is 1. The van der Waals surface area contributed by atoms with Gasteiger partial charge in [-0.2, -0.15) is 0 Å². The lowest BCUT2D eigenvalue weighted by atomic mass is 10.0. The molecule has 0 bridgehead atoms. The molecule has 3 unspecified atom stereocenters. The largest absolute Gasteiger partial charge is 0.472 e. The van der Waals surface area contributed by atoms with Crippen molar-refractivity contribution >= 4 is 25.7 Å². The summed E-state index contributed by atoms with van der Waals surface area (Å²) in [7, 11) is -4.75. The molecule has 404 valence electrons. The van der Waals surface area contributed by atoms with Crippen LogP contribution in [0.3, 0.4) is 0 Å². The Hall–Kier alpha value is -3.08. The fraction of sp³-hybridized carbons (Fsp3) is 0.741. The van der Waals surface area contributed by atoms with Crippen LogP contribution in [0.15, 0.2) is 72.9 Å². The van der Waals surface area contributed by atoms with Gasteiger partial charge >= 0.3 is 25.7 Å². The van der Waals surface area contributed by atoms with E-state index in [1.165, 1.54) is 64.2 Å². The van der Waals surface area contributed by atoms with Gasteiger partial charge in [0, 0.05) is 19.3 Å². The lowest BCUT2D eigenvalue weighted by molar-refractivity contribution is -0.161. The fourth-order valence-corrected chi connectivity index (χ4v) is 8.17. The first kappa shape index (κ1) is 66.9. The second kappa shape index (κ2) is 52.2. The monoisotopic (exact) mass is 1000 g/mol. The van der Waals surface area contributed by atoms with Crippen LogP contribution in [-0.2, 0) is 42.2 Å². The van der Waals surface area contributed by atoms with Gasteiger partial charge in [0.05, 0.1) is 19.8 Å². The number of esters is 3. The van der Waals surface area contributed by atoms with Gasteiger partial charge in [0.15, 0.2) is 6.10 Å². The molecule has 0 aliphatic heterocycles. The normalized spacial score (nSPS) is 14.0. The van der Waals surface area contributed by atoms with Crippen molar-refractivity contribution in [2.75, 3.05) is 26.4 Å². The number of carbonyl (C=O) groups excluding carboxylic acids is 3. The Kier molecular flexibility index (Phi) is 50.0. The number of hydrogen-bond acceptors (Lipinski definition) is 10. The van der Waals surface area contributed by atoms with Gasteiger partial charge in [-0.3, -0.25) is 23.4 Å². The van der Waals surface area contributed by atoms with Crippen LogP contribution in [0.2, 0.25) is 0 Å². The molecule has 0 spiro atoms. The summed E-state index contributed by atoms with van der Waals surface area (Å²) in [5.41, 5.74) is 0. The Morgan fingerprint density at radius 2 is 0.771 bits per heavy atom. The summed E-state index contributed by atoms with van der Waals surface area (Å²) in [4.78, 5) is 48.4. The smallest absolute Gasteiger partial charge is 0.462 e. The highest BCUT2D eigenvalue weighted by Crippen LogP contribution is 2.43. The van der Waals surface area contributed by atoms with Crippen LogP contribution in [-0.4, -0.2) is 66.5 Å². The summed E-state index contributed by atoms with van der Waals surface area (Å²) in [5.74, 6) is -1.50. The quantitative estimate of drug-likeness (QED) is 0.0197. The topological polar surface area (TPSA) is 155 Å². The van der Waals surface area contributed by atoms with Crippen LogP contribution in [0.4, 0.5) is 0 Å². The first-order valence-electron chi connectivity index (χ1n) is 27.8. The van der Waals surface area contributed by atoms with Gasteiger partial charge in [-0.25, -0.2) is 4.57 Å². The molecule has 0 fully saturated rings. The molecule has 0 aromatic heterocycles. The maximum absolute atomic E-state index is 12.9. The summed E-state index contributed by atoms with van der Waals surface area (Å²) >= 11 is 0. The van der Waals surface area contributed by atoms with Crippen molar-refractivity contribution in [1.82, 2.24) is 0 Å². The summed E-state index contributed by atoms with van der Waals surface area (Å²) in [6.45, 7) is 4.42. The van der Waals surface area contributed by atoms with Crippen molar-refractivity contribution in [2.45, 2.75) is 251 Å². The lowest BCUT2D eigenvalue weighted by Gasteiger charge is -2.21. The third kappa shape index (κ3) is 49.9. The van der Waals surface area contributed by atoms with Gasteiger partial charge in [-0.1, -0.05) is 209 Å².